The van der Waals surface area contributed by atoms with Gasteiger partial charge in [-0.1, -0.05) is 0 Å². The first-order valence-electron chi connectivity index (χ1n) is 8.93. The van der Waals surface area contributed by atoms with Gasteiger partial charge in [-0.2, -0.15) is 0 Å². The summed E-state index contributed by atoms with van der Waals surface area (Å²) in [4.78, 5) is 26.3. The molecule has 3 rings (SSSR count). The van der Waals surface area contributed by atoms with Gasteiger partial charge in [0.1, 0.15) is 12.4 Å². The monoisotopic (exact) mass is 397 g/mol. The van der Waals surface area contributed by atoms with E-state index >= 15 is 0 Å². The molecule has 6 nitrogen and oxygen atoms in total. The van der Waals surface area contributed by atoms with Gasteiger partial charge in [-0.25, -0.2) is 4.39 Å². The van der Waals surface area contributed by atoms with Gasteiger partial charge in [0.2, 0.25) is 5.91 Å². The summed E-state index contributed by atoms with van der Waals surface area (Å²) in [5, 5.41) is 2.96. The number of benzene rings is 1. The van der Waals surface area contributed by atoms with Crippen molar-refractivity contribution in [2.24, 2.45) is 5.73 Å². The van der Waals surface area contributed by atoms with Crippen LogP contribution in [0.1, 0.15) is 35.2 Å². The van der Waals surface area contributed by atoms with E-state index in [-0.39, 0.29) is 50.0 Å². The zero-order chi connectivity index (χ0) is 18.5. The van der Waals surface area contributed by atoms with Crippen LogP contribution in [0.25, 0.3) is 0 Å². The van der Waals surface area contributed by atoms with Crippen molar-refractivity contribution in [1.29, 1.82) is 0 Å². The number of rotatable bonds is 7. The van der Waals surface area contributed by atoms with Crippen LogP contribution in [0.15, 0.2) is 30.1 Å². The van der Waals surface area contributed by atoms with E-state index in [1.807, 2.05) is 0 Å². The second-order valence-electron chi connectivity index (χ2n) is 6.75. The summed E-state index contributed by atoms with van der Waals surface area (Å²) in [6.45, 7) is 0.755. The molecular formula is C19H25ClFN3O3. The van der Waals surface area contributed by atoms with Gasteiger partial charge in [0.25, 0.3) is 5.91 Å². The first-order chi connectivity index (χ1) is 12.6. The molecule has 0 spiro atoms. The minimum absolute atomic E-state index is 0. The molecule has 1 aromatic carbocycles. The van der Waals surface area contributed by atoms with Crippen LogP contribution in [0, 0.1) is 0 Å². The van der Waals surface area contributed by atoms with E-state index in [4.69, 9.17) is 10.5 Å². The van der Waals surface area contributed by atoms with Crippen LogP contribution in [0.2, 0.25) is 0 Å². The number of carbonyl (C=O) groups is 2. The maximum absolute atomic E-state index is 12.6. The zero-order valence-electron chi connectivity index (χ0n) is 15.1. The highest BCUT2D eigenvalue weighted by Gasteiger charge is 2.27. The predicted molar refractivity (Wildman–Crippen MR) is 103 cm³/mol. The lowest BCUT2D eigenvalue weighted by Crippen LogP contribution is -2.48. The molecule has 8 heteroatoms. The number of hydrogen-bond acceptors (Lipinski definition) is 4. The van der Waals surface area contributed by atoms with Crippen LogP contribution < -0.4 is 15.8 Å². The van der Waals surface area contributed by atoms with E-state index in [9.17, 15) is 14.0 Å². The van der Waals surface area contributed by atoms with Crippen LogP contribution in [0.5, 0.6) is 5.75 Å². The lowest BCUT2D eigenvalue weighted by atomic mass is 9.93. The quantitative estimate of drug-likeness (QED) is 0.736. The molecule has 1 aliphatic heterocycles. The van der Waals surface area contributed by atoms with E-state index in [2.05, 4.69) is 5.32 Å². The number of nitrogens with two attached hydrogens (primary N) is 1. The Morgan fingerprint density at radius 3 is 2.81 bits per heavy atom. The molecule has 3 N–H and O–H groups in total. The van der Waals surface area contributed by atoms with Crippen molar-refractivity contribution in [2.45, 2.75) is 31.7 Å². The molecule has 0 radical (unpaired) electrons. The molecule has 0 aromatic heterocycles. The fourth-order valence-corrected chi connectivity index (χ4v) is 3.06. The number of fused-ring (bicyclic) bond motifs is 1. The summed E-state index contributed by atoms with van der Waals surface area (Å²) in [6.07, 6.45) is 4.30. The van der Waals surface area contributed by atoms with Gasteiger partial charge in [-0.05, 0) is 49.4 Å². The second kappa shape index (κ2) is 9.71. The molecule has 1 heterocycles. The van der Waals surface area contributed by atoms with Crippen LogP contribution in [0.3, 0.4) is 0 Å². The Balaban J connectivity index is 0.00000261. The minimum Gasteiger partial charge on any atom is -0.489 e. The molecule has 2 aliphatic rings. The van der Waals surface area contributed by atoms with Gasteiger partial charge >= 0.3 is 0 Å². The number of nitrogens with one attached hydrogen (secondary N) is 1. The topological polar surface area (TPSA) is 84.7 Å². The lowest BCUT2D eigenvalue weighted by Gasteiger charge is -2.31. The SMILES string of the molecule is Cl.NC/C(=C\F)COc1ccc2c(c1)CCN(CC(=O)NC1CCC1)C2=O. The summed E-state index contributed by atoms with van der Waals surface area (Å²) in [6, 6.07) is 5.45. The van der Waals surface area contributed by atoms with Crippen molar-refractivity contribution in [3.63, 3.8) is 0 Å². The maximum Gasteiger partial charge on any atom is 0.254 e. The standard InChI is InChI=1S/C19H24FN3O3.ClH/c20-9-13(10-21)12-26-16-4-5-17-14(8-16)6-7-23(19(17)25)11-18(24)22-15-2-1-3-15;/h4-5,8-9,15H,1-3,6-7,10-12,21H2,(H,22,24);1H/b13-9+;. The van der Waals surface area contributed by atoms with Gasteiger partial charge < -0.3 is 20.7 Å². The van der Waals surface area contributed by atoms with Crippen molar-refractivity contribution < 1.29 is 18.7 Å². The molecule has 1 saturated carbocycles. The Morgan fingerprint density at radius 1 is 1.41 bits per heavy atom. The number of carbonyl (C=O) groups excluding carboxylic acids is 2. The van der Waals surface area contributed by atoms with Crippen molar-refractivity contribution >= 4 is 24.2 Å². The first-order valence-corrected chi connectivity index (χ1v) is 8.93. The predicted octanol–water partition coefficient (Wildman–Crippen LogP) is 1.97. The highest BCUT2D eigenvalue weighted by molar-refractivity contribution is 5.98. The van der Waals surface area contributed by atoms with E-state index in [0.717, 1.165) is 24.8 Å². The summed E-state index contributed by atoms with van der Waals surface area (Å²) < 4.78 is 18.1. The van der Waals surface area contributed by atoms with Gasteiger partial charge in [-0.3, -0.25) is 9.59 Å². The molecule has 0 saturated heterocycles. The third-order valence-corrected chi connectivity index (χ3v) is 4.89. The molecule has 0 atom stereocenters. The number of nitrogens with zero attached hydrogens (tertiary/aromatic N) is 1. The summed E-state index contributed by atoms with van der Waals surface area (Å²) >= 11 is 0. The average molecular weight is 398 g/mol. The normalized spacial score (nSPS) is 16.9. The van der Waals surface area contributed by atoms with E-state index in [1.165, 1.54) is 0 Å². The molecule has 1 aliphatic carbocycles. The number of halogens is 2. The van der Waals surface area contributed by atoms with E-state index < -0.39 is 0 Å². The fraction of sp³-hybridized carbons (Fsp3) is 0.474. The minimum atomic E-state index is -0.145. The molecule has 1 fully saturated rings. The van der Waals surface area contributed by atoms with Crippen LogP contribution in [0.4, 0.5) is 4.39 Å². The summed E-state index contributed by atoms with van der Waals surface area (Å²) in [5.74, 6) is 0.326. The Kier molecular flexibility index (Phi) is 7.62. The number of amides is 2. The number of hydrogen-bond donors (Lipinski definition) is 2. The molecule has 148 valence electrons. The molecule has 0 bridgehead atoms. The highest BCUT2D eigenvalue weighted by Crippen LogP contribution is 2.24. The molecule has 0 unspecified atom stereocenters. The second-order valence-corrected chi connectivity index (χ2v) is 6.75. The zero-order valence-corrected chi connectivity index (χ0v) is 15.9. The van der Waals surface area contributed by atoms with Gasteiger partial charge in [-0.15, -0.1) is 12.4 Å². The largest absolute Gasteiger partial charge is 0.489 e. The Morgan fingerprint density at radius 2 is 2.19 bits per heavy atom. The van der Waals surface area contributed by atoms with Gasteiger partial charge in [0.05, 0.1) is 12.9 Å². The average Bonchev–Trinajstić information content (AvgIpc) is 2.61. The van der Waals surface area contributed by atoms with E-state index in [0.29, 0.717) is 36.2 Å². The molecule has 1 aromatic rings. The Hall–Kier alpha value is -2.12. The Labute approximate surface area is 164 Å². The van der Waals surface area contributed by atoms with Gasteiger partial charge in [0.15, 0.2) is 0 Å². The third kappa shape index (κ3) is 5.20. The number of ether oxygens (including phenoxy) is 1. The smallest absolute Gasteiger partial charge is 0.254 e. The van der Waals surface area contributed by atoms with Crippen molar-refractivity contribution in [2.75, 3.05) is 26.2 Å². The Bertz CT molecular complexity index is 722. The van der Waals surface area contributed by atoms with Crippen LogP contribution in [-0.4, -0.2) is 49.0 Å². The third-order valence-electron chi connectivity index (χ3n) is 4.89. The molecular weight excluding hydrogens is 373 g/mol. The van der Waals surface area contributed by atoms with Crippen molar-refractivity contribution in [1.82, 2.24) is 10.2 Å². The van der Waals surface area contributed by atoms with Crippen molar-refractivity contribution in [3.05, 3.63) is 41.2 Å². The van der Waals surface area contributed by atoms with Crippen LogP contribution >= 0.6 is 12.4 Å². The maximum atomic E-state index is 12.6. The lowest BCUT2D eigenvalue weighted by molar-refractivity contribution is -0.123. The highest BCUT2D eigenvalue weighted by atomic mass is 35.5. The van der Waals surface area contributed by atoms with E-state index in [1.54, 1.807) is 23.1 Å². The van der Waals surface area contributed by atoms with Gasteiger partial charge in [0, 0.05) is 30.3 Å². The van der Waals surface area contributed by atoms with Crippen molar-refractivity contribution in [3.8, 4) is 5.75 Å². The molecule has 27 heavy (non-hydrogen) atoms. The van der Waals surface area contributed by atoms with Crippen LogP contribution in [-0.2, 0) is 11.2 Å². The first kappa shape index (κ1) is 21.2. The summed E-state index contributed by atoms with van der Waals surface area (Å²) in [7, 11) is 0. The summed E-state index contributed by atoms with van der Waals surface area (Å²) in [5.41, 5.74) is 7.23. The molecule has 2 amide bonds. The fourth-order valence-electron chi connectivity index (χ4n) is 3.06.